The molecule has 4 heteroatoms. The van der Waals surface area contributed by atoms with Crippen molar-refractivity contribution in [2.45, 2.75) is 12.5 Å². The maximum atomic E-state index is 11.8. The Morgan fingerprint density at radius 2 is 2.25 bits per heavy atom. The van der Waals surface area contributed by atoms with Crippen LogP contribution in [0.1, 0.15) is 6.42 Å². The fraction of sp³-hybridized carbons (Fsp3) is 0.417. The number of hydrogen-bond acceptors (Lipinski definition) is 3. The van der Waals surface area contributed by atoms with Gasteiger partial charge in [-0.3, -0.25) is 4.79 Å². The lowest BCUT2D eigenvalue weighted by molar-refractivity contribution is -0.116. The van der Waals surface area contributed by atoms with Crippen molar-refractivity contribution in [2.24, 2.45) is 0 Å². The largest absolute Gasteiger partial charge is 0.365 e. The van der Waals surface area contributed by atoms with E-state index in [0.717, 1.165) is 23.7 Å². The lowest BCUT2D eigenvalue weighted by Crippen LogP contribution is -2.42. The minimum absolute atomic E-state index is 0.141. The summed E-state index contributed by atoms with van der Waals surface area (Å²) in [5.41, 5.74) is 2.14. The molecule has 2 heterocycles. The van der Waals surface area contributed by atoms with Gasteiger partial charge in [-0.05, 0) is 12.1 Å². The number of hydrogen-bond donors (Lipinski definition) is 1. The molecule has 0 aliphatic carbocycles. The topological polar surface area (TPSA) is 32.3 Å². The van der Waals surface area contributed by atoms with E-state index in [1.54, 1.807) is 0 Å². The first-order valence-electron chi connectivity index (χ1n) is 5.58. The van der Waals surface area contributed by atoms with Gasteiger partial charge in [0.1, 0.15) is 0 Å². The van der Waals surface area contributed by atoms with E-state index in [1.807, 2.05) is 30.0 Å². The smallest absolute Gasteiger partial charge is 0.226 e. The number of rotatable bonds is 0. The number of amides is 1. The number of nitrogens with one attached hydrogen (secondary N) is 1. The molecule has 1 atom stereocenters. The summed E-state index contributed by atoms with van der Waals surface area (Å²) in [5.74, 6) is 2.35. The fourth-order valence-corrected chi connectivity index (χ4v) is 3.45. The predicted octanol–water partition coefficient (Wildman–Crippen LogP) is 1.95. The Labute approximate surface area is 99.2 Å². The van der Waals surface area contributed by atoms with Gasteiger partial charge >= 0.3 is 0 Å². The average molecular weight is 234 g/mol. The van der Waals surface area contributed by atoms with Crippen molar-refractivity contribution in [3.63, 3.8) is 0 Å². The standard InChI is InChI=1S/C12H14N2OS/c15-12-7-9-8-16-6-5-14(9)11-4-2-1-3-10(11)13-12/h1-4,9H,5-8H2,(H,13,15). The van der Waals surface area contributed by atoms with Gasteiger partial charge in [0.2, 0.25) is 5.91 Å². The van der Waals surface area contributed by atoms with Crippen LogP contribution in [-0.4, -0.2) is 30.0 Å². The fourth-order valence-electron chi connectivity index (χ4n) is 2.39. The molecule has 1 aromatic carbocycles. The Bertz CT molecular complexity index is 421. The molecule has 0 saturated carbocycles. The molecule has 1 N–H and O–H groups in total. The van der Waals surface area contributed by atoms with Crippen LogP contribution in [0.2, 0.25) is 0 Å². The highest BCUT2D eigenvalue weighted by Crippen LogP contribution is 2.34. The molecular formula is C12H14N2OS. The lowest BCUT2D eigenvalue weighted by Gasteiger charge is -2.35. The van der Waals surface area contributed by atoms with Crippen LogP contribution in [0.15, 0.2) is 24.3 Å². The molecule has 84 valence electrons. The highest BCUT2D eigenvalue weighted by Gasteiger charge is 2.29. The van der Waals surface area contributed by atoms with Crippen molar-refractivity contribution < 1.29 is 4.79 Å². The van der Waals surface area contributed by atoms with Gasteiger partial charge in [0.15, 0.2) is 0 Å². The number of para-hydroxylation sites is 2. The van der Waals surface area contributed by atoms with Crippen LogP contribution in [0.4, 0.5) is 11.4 Å². The van der Waals surface area contributed by atoms with E-state index in [-0.39, 0.29) is 5.91 Å². The third kappa shape index (κ3) is 1.67. The molecule has 1 unspecified atom stereocenters. The van der Waals surface area contributed by atoms with Gasteiger partial charge < -0.3 is 10.2 Å². The van der Waals surface area contributed by atoms with Gasteiger partial charge in [-0.25, -0.2) is 0 Å². The molecule has 0 bridgehead atoms. The number of benzene rings is 1. The van der Waals surface area contributed by atoms with E-state index in [9.17, 15) is 4.79 Å². The van der Waals surface area contributed by atoms with Gasteiger partial charge in [-0.15, -0.1) is 0 Å². The van der Waals surface area contributed by atoms with E-state index >= 15 is 0 Å². The zero-order valence-corrected chi connectivity index (χ0v) is 9.80. The van der Waals surface area contributed by atoms with E-state index in [2.05, 4.69) is 16.3 Å². The molecule has 1 fully saturated rings. The Hall–Kier alpha value is -1.16. The first-order chi connectivity index (χ1) is 7.84. The summed E-state index contributed by atoms with van der Waals surface area (Å²) >= 11 is 1.94. The minimum Gasteiger partial charge on any atom is -0.365 e. The normalized spacial score (nSPS) is 24.1. The van der Waals surface area contributed by atoms with Gasteiger partial charge in [-0.1, -0.05) is 12.1 Å². The number of anilines is 2. The Kier molecular flexibility index (Phi) is 2.52. The molecule has 0 radical (unpaired) electrons. The summed E-state index contributed by atoms with van der Waals surface area (Å²) in [6.45, 7) is 1.04. The summed E-state index contributed by atoms with van der Waals surface area (Å²) in [4.78, 5) is 14.1. The van der Waals surface area contributed by atoms with Crippen molar-refractivity contribution in [1.29, 1.82) is 0 Å². The van der Waals surface area contributed by atoms with Gasteiger partial charge in [0, 0.05) is 30.5 Å². The van der Waals surface area contributed by atoms with Crippen LogP contribution in [0.25, 0.3) is 0 Å². The molecule has 0 aromatic heterocycles. The van der Waals surface area contributed by atoms with Gasteiger partial charge in [0.05, 0.1) is 11.4 Å². The number of carbonyl (C=O) groups is 1. The van der Waals surface area contributed by atoms with Crippen molar-refractivity contribution in [3.05, 3.63) is 24.3 Å². The Morgan fingerprint density at radius 1 is 1.38 bits per heavy atom. The molecule has 3 rings (SSSR count). The highest BCUT2D eigenvalue weighted by molar-refractivity contribution is 7.99. The number of carbonyl (C=O) groups excluding carboxylic acids is 1. The van der Waals surface area contributed by atoms with Crippen LogP contribution in [0, 0.1) is 0 Å². The second-order valence-corrected chi connectivity index (χ2v) is 5.34. The highest BCUT2D eigenvalue weighted by atomic mass is 32.2. The van der Waals surface area contributed by atoms with Crippen molar-refractivity contribution >= 4 is 29.0 Å². The first kappa shape index (κ1) is 10.0. The van der Waals surface area contributed by atoms with E-state index in [0.29, 0.717) is 12.5 Å². The monoisotopic (exact) mass is 234 g/mol. The molecule has 1 amide bonds. The van der Waals surface area contributed by atoms with Crippen molar-refractivity contribution in [1.82, 2.24) is 0 Å². The number of fused-ring (bicyclic) bond motifs is 3. The SMILES string of the molecule is O=C1CC2CSCCN2c2ccccc2N1. The summed E-state index contributed by atoms with van der Waals surface area (Å²) < 4.78 is 0. The van der Waals surface area contributed by atoms with E-state index < -0.39 is 0 Å². The summed E-state index contributed by atoms with van der Waals surface area (Å²) in [6, 6.07) is 8.46. The summed E-state index contributed by atoms with van der Waals surface area (Å²) in [5, 5.41) is 2.99. The lowest BCUT2D eigenvalue weighted by atomic mass is 10.1. The zero-order valence-electron chi connectivity index (χ0n) is 8.98. The predicted molar refractivity (Wildman–Crippen MR) is 68.1 cm³/mol. The van der Waals surface area contributed by atoms with Crippen LogP contribution in [0.5, 0.6) is 0 Å². The average Bonchev–Trinajstić information content (AvgIpc) is 2.44. The maximum absolute atomic E-state index is 11.8. The van der Waals surface area contributed by atoms with Crippen LogP contribution in [0.3, 0.4) is 0 Å². The quantitative estimate of drug-likeness (QED) is 0.744. The van der Waals surface area contributed by atoms with Crippen molar-refractivity contribution in [2.75, 3.05) is 28.3 Å². The second-order valence-electron chi connectivity index (χ2n) is 4.19. The molecule has 2 aliphatic rings. The Balaban J connectivity index is 2.04. The summed E-state index contributed by atoms with van der Waals surface area (Å²) in [7, 11) is 0. The van der Waals surface area contributed by atoms with Crippen LogP contribution < -0.4 is 10.2 Å². The molecule has 0 spiro atoms. The zero-order chi connectivity index (χ0) is 11.0. The third-order valence-electron chi connectivity index (χ3n) is 3.14. The molecule has 16 heavy (non-hydrogen) atoms. The molecule has 1 aromatic rings. The van der Waals surface area contributed by atoms with E-state index in [1.165, 1.54) is 5.69 Å². The minimum atomic E-state index is 0.141. The molecule has 2 aliphatic heterocycles. The van der Waals surface area contributed by atoms with Crippen LogP contribution in [-0.2, 0) is 4.79 Å². The van der Waals surface area contributed by atoms with Crippen molar-refractivity contribution in [3.8, 4) is 0 Å². The van der Waals surface area contributed by atoms with E-state index in [4.69, 9.17) is 0 Å². The molecule has 3 nitrogen and oxygen atoms in total. The van der Waals surface area contributed by atoms with Gasteiger partial charge in [0.25, 0.3) is 0 Å². The van der Waals surface area contributed by atoms with Crippen LogP contribution >= 0.6 is 11.8 Å². The molecule has 1 saturated heterocycles. The summed E-state index contributed by atoms with van der Waals surface area (Å²) in [6.07, 6.45) is 0.613. The van der Waals surface area contributed by atoms with Gasteiger partial charge in [-0.2, -0.15) is 11.8 Å². The Morgan fingerprint density at radius 3 is 3.19 bits per heavy atom. The number of thioether (sulfide) groups is 1. The first-order valence-corrected chi connectivity index (χ1v) is 6.73. The third-order valence-corrected chi connectivity index (χ3v) is 4.23. The second kappa shape index (κ2) is 4.01. The molecular weight excluding hydrogens is 220 g/mol. The number of nitrogens with zero attached hydrogens (tertiary/aromatic N) is 1. The maximum Gasteiger partial charge on any atom is 0.226 e.